The van der Waals surface area contributed by atoms with Gasteiger partial charge in [0.1, 0.15) is 5.75 Å². The minimum Gasteiger partial charge on any atom is -0.491 e. The zero-order chi connectivity index (χ0) is 16.1. The van der Waals surface area contributed by atoms with E-state index in [0.29, 0.717) is 17.9 Å². The molecule has 1 aromatic rings. The molecule has 0 spiro atoms. The fraction of sp³-hybridized carbons (Fsp3) is 0.700. The Kier molecular flexibility index (Phi) is 5.96. The third-order valence-electron chi connectivity index (χ3n) is 5.12. The van der Waals surface area contributed by atoms with E-state index in [-0.39, 0.29) is 6.10 Å². The molecule has 1 N–H and O–H groups in total. The first-order valence-electron chi connectivity index (χ1n) is 9.30. The average molecular weight is 317 g/mol. The van der Waals surface area contributed by atoms with E-state index in [4.69, 9.17) is 9.47 Å². The lowest BCUT2D eigenvalue weighted by Crippen LogP contribution is -2.37. The molecule has 1 aliphatic carbocycles. The van der Waals surface area contributed by atoms with E-state index in [1.807, 2.05) is 0 Å². The van der Waals surface area contributed by atoms with Crippen LogP contribution in [0.5, 0.6) is 5.75 Å². The Labute approximate surface area is 140 Å². The van der Waals surface area contributed by atoms with E-state index < -0.39 is 0 Å². The molecule has 0 radical (unpaired) electrons. The molecule has 0 aromatic heterocycles. The summed E-state index contributed by atoms with van der Waals surface area (Å²) in [4.78, 5) is 0. The molecule has 3 unspecified atom stereocenters. The summed E-state index contributed by atoms with van der Waals surface area (Å²) >= 11 is 0. The van der Waals surface area contributed by atoms with Crippen LogP contribution in [0.4, 0.5) is 0 Å². The second kappa shape index (κ2) is 8.16. The molecule has 0 amide bonds. The van der Waals surface area contributed by atoms with Crippen LogP contribution in [0.15, 0.2) is 24.3 Å². The van der Waals surface area contributed by atoms with Gasteiger partial charge in [0.15, 0.2) is 0 Å². The molecule has 128 valence electrons. The van der Waals surface area contributed by atoms with Gasteiger partial charge in [-0.3, -0.25) is 0 Å². The van der Waals surface area contributed by atoms with Gasteiger partial charge in [0, 0.05) is 19.2 Å². The van der Waals surface area contributed by atoms with Crippen LogP contribution < -0.4 is 10.1 Å². The second-order valence-electron chi connectivity index (χ2n) is 7.37. The maximum Gasteiger partial charge on any atom is 0.119 e. The molecule has 1 aliphatic heterocycles. The SMILES string of the molecule is CC(C)Oc1ccc(C2CCCC2NCC2CCCOC2)cc1. The molecule has 3 rings (SSSR count). The number of hydrogen-bond donors (Lipinski definition) is 1. The van der Waals surface area contributed by atoms with Crippen molar-refractivity contribution in [1.82, 2.24) is 5.32 Å². The van der Waals surface area contributed by atoms with Crippen molar-refractivity contribution >= 4 is 0 Å². The molecule has 3 heteroatoms. The van der Waals surface area contributed by atoms with E-state index in [1.165, 1.54) is 37.7 Å². The zero-order valence-electron chi connectivity index (χ0n) is 14.6. The van der Waals surface area contributed by atoms with Crippen molar-refractivity contribution in [3.8, 4) is 5.75 Å². The van der Waals surface area contributed by atoms with Crippen LogP contribution in [0.1, 0.15) is 57.4 Å². The Hall–Kier alpha value is -1.06. The number of ether oxygens (including phenoxy) is 2. The second-order valence-corrected chi connectivity index (χ2v) is 7.37. The van der Waals surface area contributed by atoms with Gasteiger partial charge in [0.25, 0.3) is 0 Å². The van der Waals surface area contributed by atoms with Crippen LogP contribution in [-0.2, 0) is 4.74 Å². The van der Waals surface area contributed by atoms with Crippen molar-refractivity contribution in [2.75, 3.05) is 19.8 Å². The number of rotatable bonds is 6. The van der Waals surface area contributed by atoms with Crippen molar-refractivity contribution < 1.29 is 9.47 Å². The monoisotopic (exact) mass is 317 g/mol. The Morgan fingerprint density at radius 2 is 1.96 bits per heavy atom. The van der Waals surface area contributed by atoms with Gasteiger partial charge in [0.2, 0.25) is 0 Å². The van der Waals surface area contributed by atoms with Gasteiger partial charge < -0.3 is 14.8 Å². The summed E-state index contributed by atoms with van der Waals surface area (Å²) in [5.41, 5.74) is 1.45. The van der Waals surface area contributed by atoms with Gasteiger partial charge >= 0.3 is 0 Å². The van der Waals surface area contributed by atoms with E-state index in [0.717, 1.165) is 25.5 Å². The first-order valence-corrected chi connectivity index (χ1v) is 9.30. The predicted molar refractivity (Wildman–Crippen MR) is 94.1 cm³/mol. The predicted octanol–water partition coefficient (Wildman–Crippen LogP) is 4.13. The van der Waals surface area contributed by atoms with Gasteiger partial charge in [0.05, 0.1) is 12.7 Å². The third kappa shape index (κ3) is 4.71. The summed E-state index contributed by atoms with van der Waals surface area (Å²) in [6, 6.07) is 9.38. The maximum absolute atomic E-state index is 5.76. The molecular formula is C20H31NO2. The summed E-state index contributed by atoms with van der Waals surface area (Å²) in [6.07, 6.45) is 6.68. The summed E-state index contributed by atoms with van der Waals surface area (Å²) in [5, 5.41) is 3.84. The summed E-state index contributed by atoms with van der Waals surface area (Å²) in [6.45, 7) is 7.13. The van der Waals surface area contributed by atoms with Crippen molar-refractivity contribution in [2.24, 2.45) is 5.92 Å². The Balaban J connectivity index is 1.55. The number of nitrogens with one attached hydrogen (secondary N) is 1. The molecule has 2 fully saturated rings. The standard InChI is InChI=1S/C20H31NO2/c1-15(2)23-18-10-8-17(9-11-18)19-6-3-7-20(19)21-13-16-5-4-12-22-14-16/h8-11,15-16,19-21H,3-7,12-14H2,1-2H3. The highest BCUT2D eigenvalue weighted by atomic mass is 16.5. The first kappa shape index (κ1) is 16.8. The van der Waals surface area contributed by atoms with E-state index in [9.17, 15) is 0 Å². The van der Waals surface area contributed by atoms with Crippen molar-refractivity contribution in [2.45, 2.75) is 64.0 Å². The zero-order valence-corrected chi connectivity index (χ0v) is 14.6. The van der Waals surface area contributed by atoms with Gasteiger partial charge in [-0.05, 0) is 69.1 Å². The molecule has 23 heavy (non-hydrogen) atoms. The van der Waals surface area contributed by atoms with Gasteiger partial charge in [-0.25, -0.2) is 0 Å². The van der Waals surface area contributed by atoms with Crippen LogP contribution in [0, 0.1) is 5.92 Å². The molecule has 1 aromatic carbocycles. The maximum atomic E-state index is 5.76. The molecule has 1 saturated carbocycles. The largest absolute Gasteiger partial charge is 0.491 e. The van der Waals surface area contributed by atoms with E-state index in [1.54, 1.807) is 0 Å². The van der Waals surface area contributed by atoms with Crippen LogP contribution in [0.25, 0.3) is 0 Å². The van der Waals surface area contributed by atoms with Gasteiger partial charge in [-0.15, -0.1) is 0 Å². The molecule has 1 heterocycles. The van der Waals surface area contributed by atoms with Crippen molar-refractivity contribution in [3.63, 3.8) is 0 Å². The molecule has 2 aliphatic rings. The van der Waals surface area contributed by atoms with E-state index in [2.05, 4.69) is 43.4 Å². The van der Waals surface area contributed by atoms with Crippen LogP contribution in [0.2, 0.25) is 0 Å². The van der Waals surface area contributed by atoms with Crippen LogP contribution >= 0.6 is 0 Å². The quantitative estimate of drug-likeness (QED) is 0.856. The van der Waals surface area contributed by atoms with Gasteiger partial charge in [-0.2, -0.15) is 0 Å². The highest BCUT2D eigenvalue weighted by Gasteiger charge is 2.29. The number of hydrogen-bond acceptors (Lipinski definition) is 3. The van der Waals surface area contributed by atoms with E-state index >= 15 is 0 Å². The Morgan fingerprint density at radius 1 is 1.13 bits per heavy atom. The lowest BCUT2D eigenvalue weighted by molar-refractivity contribution is 0.0536. The highest BCUT2D eigenvalue weighted by molar-refractivity contribution is 5.31. The Morgan fingerprint density at radius 3 is 2.65 bits per heavy atom. The fourth-order valence-electron chi connectivity index (χ4n) is 3.96. The summed E-state index contributed by atoms with van der Waals surface area (Å²) in [7, 11) is 0. The lowest BCUT2D eigenvalue weighted by Gasteiger charge is -2.27. The Bertz CT molecular complexity index is 465. The molecule has 1 saturated heterocycles. The normalized spacial score (nSPS) is 28.2. The van der Waals surface area contributed by atoms with Crippen molar-refractivity contribution in [1.29, 1.82) is 0 Å². The smallest absolute Gasteiger partial charge is 0.119 e. The fourth-order valence-corrected chi connectivity index (χ4v) is 3.96. The summed E-state index contributed by atoms with van der Waals surface area (Å²) in [5.74, 6) is 2.32. The van der Waals surface area contributed by atoms with Crippen molar-refractivity contribution in [3.05, 3.63) is 29.8 Å². The molecule has 3 nitrogen and oxygen atoms in total. The topological polar surface area (TPSA) is 30.5 Å². The summed E-state index contributed by atoms with van der Waals surface area (Å²) < 4.78 is 11.4. The third-order valence-corrected chi connectivity index (χ3v) is 5.12. The highest BCUT2D eigenvalue weighted by Crippen LogP contribution is 2.35. The first-order chi connectivity index (χ1) is 11.2. The average Bonchev–Trinajstić information content (AvgIpc) is 3.03. The minimum absolute atomic E-state index is 0.236. The lowest BCUT2D eigenvalue weighted by atomic mass is 9.93. The van der Waals surface area contributed by atoms with Gasteiger partial charge in [-0.1, -0.05) is 18.6 Å². The van der Waals surface area contributed by atoms with Crippen LogP contribution in [0.3, 0.4) is 0 Å². The minimum atomic E-state index is 0.236. The number of benzene rings is 1. The molecule has 3 atom stereocenters. The molecular weight excluding hydrogens is 286 g/mol. The van der Waals surface area contributed by atoms with Crippen LogP contribution in [-0.4, -0.2) is 31.9 Å². The molecule has 0 bridgehead atoms.